The van der Waals surface area contributed by atoms with E-state index in [2.05, 4.69) is 5.32 Å². The molecule has 0 saturated carbocycles. The summed E-state index contributed by atoms with van der Waals surface area (Å²) in [7, 11) is 1.64. The number of anilines is 1. The van der Waals surface area contributed by atoms with E-state index >= 15 is 0 Å². The van der Waals surface area contributed by atoms with Gasteiger partial charge in [-0.05, 0) is 29.3 Å². The molecule has 0 bridgehead atoms. The van der Waals surface area contributed by atoms with Gasteiger partial charge >= 0.3 is 0 Å². The van der Waals surface area contributed by atoms with Crippen molar-refractivity contribution in [1.82, 2.24) is 5.32 Å². The summed E-state index contributed by atoms with van der Waals surface area (Å²) in [5.74, 6) is -0.212. The number of hydrogen-bond donors (Lipinski definition) is 2. The van der Waals surface area contributed by atoms with Crippen LogP contribution in [0.25, 0.3) is 0 Å². The fraction of sp³-hybridized carbons (Fsp3) is 0.188. The highest BCUT2D eigenvalue weighted by Gasteiger charge is 2.08. The number of halogens is 1. The fourth-order valence-corrected chi connectivity index (χ4v) is 2.29. The van der Waals surface area contributed by atoms with E-state index in [9.17, 15) is 4.79 Å². The van der Waals surface area contributed by atoms with E-state index in [1.165, 1.54) is 0 Å². The van der Waals surface area contributed by atoms with Crippen LogP contribution in [-0.4, -0.2) is 13.0 Å². The Bertz CT molecular complexity index is 624. The Labute approximate surface area is 128 Å². The van der Waals surface area contributed by atoms with Crippen LogP contribution in [0.4, 0.5) is 5.69 Å². The zero-order chi connectivity index (χ0) is 15.2. The molecule has 110 valence electrons. The zero-order valence-corrected chi connectivity index (χ0v) is 12.5. The van der Waals surface area contributed by atoms with Crippen molar-refractivity contribution in [1.29, 1.82) is 0 Å². The van der Waals surface area contributed by atoms with Gasteiger partial charge in [0.15, 0.2) is 0 Å². The number of nitrogen functional groups attached to an aromatic ring is 1. The number of rotatable bonds is 5. The number of hydrogen-bond acceptors (Lipinski definition) is 3. The van der Waals surface area contributed by atoms with Gasteiger partial charge in [-0.15, -0.1) is 0 Å². The van der Waals surface area contributed by atoms with Gasteiger partial charge in [-0.2, -0.15) is 0 Å². The third-order valence-corrected chi connectivity index (χ3v) is 3.26. The molecular weight excluding hydrogens is 288 g/mol. The molecule has 21 heavy (non-hydrogen) atoms. The van der Waals surface area contributed by atoms with Crippen molar-refractivity contribution in [2.24, 2.45) is 0 Å². The molecule has 3 N–H and O–H groups in total. The van der Waals surface area contributed by atoms with E-state index in [1.807, 2.05) is 24.3 Å². The Kier molecular flexibility index (Phi) is 5.20. The lowest BCUT2D eigenvalue weighted by Gasteiger charge is -2.10. The number of carbonyl (C=O) groups is 1. The minimum absolute atomic E-state index is 0.212. The molecule has 2 rings (SSSR count). The van der Waals surface area contributed by atoms with Crippen molar-refractivity contribution >= 4 is 23.2 Å². The summed E-state index contributed by atoms with van der Waals surface area (Å²) in [6.07, 6.45) is 0. The second kappa shape index (κ2) is 7.11. The van der Waals surface area contributed by atoms with Crippen molar-refractivity contribution < 1.29 is 9.53 Å². The second-order valence-electron chi connectivity index (χ2n) is 4.66. The molecule has 0 aromatic heterocycles. The van der Waals surface area contributed by atoms with Crippen molar-refractivity contribution in [3.63, 3.8) is 0 Å². The molecule has 4 nitrogen and oxygen atoms in total. The summed E-state index contributed by atoms with van der Waals surface area (Å²) in [5.41, 5.74) is 8.66. The van der Waals surface area contributed by atoms with Gasteiger partial charge in [0.25, 0.3) is 5.91 Å². The van der Waals surface area contributed by atoms with Crippen LogP contribution in [0.1, 0.15) is 21.5 Å². The SMILES string of the molecule is COCc1ccccc1CNC(=O)c1cc(N)cc(Cl)c1. The van der Waals surface area contributed by atoms with Crippen molar-refractivity contribution in [3.8, 4) is 0 Å². The Hall–Kier alpha value is -2.04. The molecule has 0 aliphatic carbocycles. The fourth-order valence-electron chi connectivity index (χ4n) is 2.05. The third kappa shape index (κ3) is 4.21. The van der Waals surface area contributed by atoms with E-state index in [0.29, 0.717) is 29.4 Å². The first-order valence-corrected chi connectivity index (χ1v) is 6.88. The quantitative estimate of drug-likeness (QED) is 0.835. The number of nitrogens with two attached hydrogens (primary N) is 1. The summed E-state index contributed by atoms with van der Waals surface area (Å²) in [6.45, 7) is 0.931. The summed E-state index contributed by atoms with van der Waals surface area (Å²) < 4.78 is 5.14. The van der Waals surface area contributed by atoms with Gasteiger partial charge in [0.05, 0.1) is 6.61 Å². The van der Waals surface area contributed by atoms with Crippen molar-refractivity contribution in [2.45, 2.75) is 13.2 Å². The Morgan fingerprint density at radius 2 is 1.95 bits per heavy atom. The molecule has 0 saturated heterocycles. The number of benzene rings is 2. The summed E-state index contributed by atoms with van der Waals surface area (Å²) >= 11 is 5.90. The van der Waals surface area contributed by atoms with Gasteiger partial charge in [0.2, 0.25) is 0 Å². The monoisotopic (exact) mass is 304 g/mol. The summed E-state index contributed by atoms with van der Waals surface area (Å²) in [6, 6.07) is 12.6. The van der Waals surface area contributed by atoms with Gasteiger partial charge in [-0.1, -0.05) is 35.9 Å². The lowest BCUT2D eigenvalue weighted by atomic mass is 10.1. The molecule has 0 spiro atoms. The van der Waals surface area contributed by atoms with Crippen LogP contribution in [0.5, 0.6) is 0 Å². The predicted molar refractivity (Wildman–Crippen MR) is 84.2 cm³/mol. The lowest BCUT2D eigenvalue weighted by Crippen LogP contribution is -2.23. The summed E-state index contributed by atoms with van der Waals surface area (Å²) in [4.78, 5) is 12.1. The Morgan fingerprint density at radius 1 is 1.24 bits per heavy atom. The highest BCUT2D eigenvalue weighted by atomic mass is 35.5. The molecule has 0 atom stereocenters. The van der Waals surface area contributed by atoms with Crippen LogP contribution < -0.4 is 11.1 Å². The van der Waals surface area contributed by atoms with Crippen LogP contribution >= 0.6 is 11.6 Å². The molecule has 0 fully saturated rings. The Balaban J connectivity index is 2.07. The average molecular weight is 305 g/mol. The number of nitrogens with one attached hydrogen (secondary N) is 1. The molecule has 0 heterocycles. The second-order valence-corrected chi connectivity index (χ2v) is 5.09. The first kappa shape index (κ1) is 15.4. The topological polar surface area (TPSA) is 64.3 Å². The molecule has 5 heteroatoms. The minimum Gasteiger partial charge on any atom is -0.399 e. The van der Waals surface area contributed by atoms with E-state index in [0.717, 1.165) is 11.1 Å². The molecule has 1 amide bonds. The number of carbonyl (C=O) groups excluding carboxylic acids is 1. The van der Waals surface area contributed by atoms with Crippen LogP contribution in [0.3, 0.4) is 0 Å². The standard InChI is InChI=1S/C16H17ClN2O2/c1-21-10-12-5-3-2-4-11(12)9-19-16(20)13-6-14(17)8-15(18)7-13/h2-8H,9-10,18H2,1H3,(H,19,20). The van der Waals surface area contributed by atoms with E-state index in [-0.39, 0.29) is 5.91 Å². The normalized spacial score (nSPS) is 10.4. The highest BCUT2D eigenvalue weighted by Crippen LogP contribution is 2.17. The van der Waals surface area contributed by atoms with Gasteiger partial charge in [0.1, 0.15) is 0 Å². The zero-order valence-electron chi connectivity index (χ0n) is 11.7. The summed E-state index contributed by atoms with van der Waals surface area (Å²) in [5, 5.41) is 3.30. The largest absolute Gasteiger partial charge is 0.399 e. The van der Waals surface area contributed by atoms with Crippen LogP contribution in [0, 0.1) is 0 Å². The maximum Gasteiger partial charge on any atom is 0.251 e. The molecular formula is C16H17ClN2O2. The first-order chi connectivity index (χ1) is 10.1. The average Bonchev–Trinajstić information content (AvgIpc) is 2.45. The maximum atomic E-state index is 12.1. The lowest BCUT2D eigenvalue weighted by molar-refractivity contribution is 0.0950. The smallest absolute Gasteiger partial charge is 0.251 e. The van der Waals surface area contributed by atoms with E-state index in [4.69, 9.17) is 22.1 Å². The van der Waals surface area contributed by atoms with Crippen molar-refractivity contribution in [3.05, 3.63) is 64.2 Å². The minimum atomic E-state index is -0.212. The van der Waals surface area contributed by atoms with Gasteiger partial charge < -0.3 is 15.8 Å². The van der Waals surface area contributed by atoms with Crippen LogP contribution in [0.2, 0.25) is 5.02 Å². The van der Waals surface area contributed by atoms with E-state index < -0.39 is 0 Å². The molecule has 0 aliphatic heterocycles. The van der Waals surface area contributed by atoms with Gasteiger partial charge in [0, 0.05) is 29.9 Å². The van der Waals surface area contributed by atoms with Gasteiger partial charge in [-0.3, -0.25) is 4.79 Å². The first-order valence-electron chi connectivity index (χ1n) is 6.50. The van der Waals surface area contributed by atoms with Crippen LogP contribution in [0.15, 0.2) is 42.5 Å². The molecule has 2 aromatic rings. The number of ether oxygens (including phenoxy) is 1. The number of methoxy groups -OCH3 is 1. The molecule has 0 unspecified atom stereocenters. The Morgan fingerprint density at radius 3 is 2.62 bits per heavy atom. The predicted octanol–water partition coefficient (Wildman–Crippen LogP) is 3.00. The molecule has 0 radical (unpaired) electrons. The number of amides is 1. The molecule has 2 aromatic carbocycles. The third-order valence-electron chi connectivity index (χ3n) is 3.04. The molecule has 0 aliphatic rings. The van der Waals surface area contributed by atoms with Crippen molar-refractivity contribution in [2.75, 3.05) is 12.8 Å². The maximum absolute atomic E-state index is 12.1. The highest BCUT2D eigenvalue weighted by molar-refractivity contribution is 6.31. The van der Waals surface area contributed by atoms with E-state index in [1.54, 1.807) is 25.3 Å². The van der Waals surface area contributed by atoms with Crippen LogP contribution in [-0.2, 0) is 17.9 Å². The van der Waals surface area contributed by atoms with Gasteiger partial charge in [-0.25, -0.2) is 0 Å².